The van der Waals surface area contributed by atoms with Gasteiger partial charge in [-0.25, -0.2) is 9.18 Å². The fraction of sp³-hybridized carbons (Fsp3) is 0.900. The van der Waals surface area contributed by atoms with Crippen molar-refractivity contribution in [3.8, 4) is 0 Å². The molecule has 4 nitrogen and oxygen atoms in total. The fourth-order valence-corrected chi connectivity index (χ4v) is 2.07. The number of likely N-dealkylation sites (tertiary alicyclic amines) is 1. The van der Waals surface area contributed by atoms with Crippen molar-refractivity contribution < 1.29 is 27.5 Å². The molecule has 0 aliphatic carbocycles. The first kappa shape index (κ1) is 15.2. The first-order chi connectivity index (χ1) is 8.17. The predicted molar refractivity (Wildman–Crippen MR) is 56.1 cm³/mol. The van der Waals surface area contributed by atoms with Crippen molar-refractivity contribution in [2.24, 2.45) is 0 Å². The molecule has 106 valence electrons. The van der Waals surface area contributed by atoms with Crippen LogP contribution in [0.3, 0.4) is 0 Å². The average Bonchev–Trinajstić information content (AvgIpc) is 2.19. The molecule has 1 unspecified atom stereocenters. The number of carboxylic acid groups (broad SMARTS) is 1. The zero-order chi connectivity index (χ0) is 14.0. The Morgan fingerprint density at radius 2 is 1.94 bits per heavy atom. The standard InChI is InChI=1S/C8H15FN2.C2HF3O2/c1-11-3-2-7(9)4-8(11)5-10-6-8;3-2(4,5)1(6)7/h7,10H,2-6H2,1H3;(H,6,7). The molecule has 2 rings (SSSR count). The van der Waals surface area contributed by atoms with Gasteiger partial charge in [0.15, 0.2) is 0 Å². The van der Waals surface area contributed by atoms with E-state index in [1.165, 1.54) is 0 Å². The maximum atomic E-state index is 13.0. The number of carboxylic acids is 1. The molecule has 0 aromatic heterocycles. The summed E-state index contributed by atoms with van der Waals surface area (Å²) in [6.45, 7) is 2.87. The summed E-state index contributed by atoms with van der Waals surface area (Å²) in [5, 5.41) is 10.3. The number of alkyl halides is 4. The molecule has 8 heteroatoms. The minimum absolute atomic E-state index is 0.178. The van der Waals surface area contributed by atoms with Crippen molar-refractivity contribution in [2.45, 2.75) is 30.7 Å². The van der Waals surface area contributed by atoms with Crippen molar-refractivity contribution in [3.05, 3.63) is 0 Å². The molecule has 2 N–H and O–H groups in total. The molecule has 0 amide bonds. The molecular weight excluding hydrogens is 256 g/mol. The number of carbonyl (C=O) groups is 1. The van der Waals surface area contributed by atoms with Gasteiger partial charge in [0.2, 0.25) is 0 Å². The summed E-state index contributed by atoms with van der Waals surface area (Å²) in [5.74, 6) is -2.76. The van der Waals surface area contributed by atoms with Crippen LogP contribution in [0.5, 0.6) is 0 Å². The summed E-state index contributed by atoms with van der Waals surface area (Å²) in [7, 11) is 2.10. The van der Waals surface area contributed by atoms with Crippen LogP contribution in [0.4, 0.5) is 17.6 Å². The number of rotatable bonds is 0. The van der Waals surface area contributed by atoms with Crippen molar-refractivity contribution >= 4 is 5.97 Å². The van der Waals surface area contributed by atoms with E-state index in [0.29, 0.717) is 0 Å². The van der Waals surface area contributed by atoms with Gasteiger partial charge in [-0.1, -0.05) is 0 Å². The summed E-state index contributed by atoms with van der Waals surface area (Å²) in [6, 6.07) is 0. The van der Waals surface area contributed by atoms with Gasteiger partial charge in [0, 0.05) is 25.2 Å². The number of hydrogen-bond acceptors (Lipinski definition) is 3. The molecule has 2 heterocycles. The summed E-state index contributed by atoms with van der Waals surface area (Å²) >= 11 is 0. The second kappa shape index (κ2) is 5.40. The fourth-order valence-electron chi connectivity index (χ4n) is 2.07. The number of aliphatic carboxylic acids is 1. The number of likely N-dealkylation sites (N-methyl/N-ethyl adjacent to an activating group) is 1. The van der Waals surface area contributed by atoms with Crippen molar-refractivity contribution in [1.29, 1.82) is 0 Å². The van der Waals surface area contributed by atoms with Crippen LogP contribution in [0.1, 0.15) is 12.8 Å². The van der Waals surface area contributed by atoms with E-state index >= 15 is 0 Å². The number of halogens is 4. The molecule has 0 bridgehead atoms. The minimum atomic E-state index is -5.08. The highest BCUT2D eigenvalue weighted by atomic mass is 19.4. The van der Waals surface area contributed by atoms with E-state index in [2.05, 4.69) is 17.3 Å². The van der Waals surface area contributed by atoms with Crippen LogP contribution in [-0.4, -0.2) is 60.5 Å². The lowest BCUT2D eigenvalue weighted by Gasteiger charge is -2.52. The van der Waals surface area contributed by atoms with Crippen molar-refractivity contribution in [2.75, 3.05) is 26.7 Å². The zero-order valence-corrected chi connectivity index (χ0v) is 9.93. The second-order valence-electron chi connectivity index (χ2n) is 4.64. The van der Waals surface area contributed by atoms with Gasteiger partial charge >= 0.3 is 12.1 Å². The van der Waals surface area contributed by atoms with E-state index in [1.807, 2.05) is 0 Å². The highest BCUT2D eigenvalue weighted by molar-refractivity contribution is 5.73. The van der Waals surface area contributed by atoms with Gasteiger partial charge in [0.25, 0.3) is 0 Å². The molecule has 1 spiro atoms. The van der Waals surface area contributed by atoms with Crippen LogP contribution in [0.25, 0.3) is 0 Å². The maximum absolute atomic E-state index is 13.0. The van der Waals surface area contributed by atoms with E-state index in [4.69, 9.17) is 9.90 Å². The van der Waals surface area contributed by atoms with Gasteiger partial charge in [-0.15, -0.1) is 0 Å². The van der Waals surface area contributed by atoms with Gasteiger partial charge < -0.3 is 10.4 Å². The lowest BCUT2D eigenvalue weighted by Crippen LogP contribution is -2.70. The van der Waals surface area contributed by atoms with E-state index < -0.39 is 18.3 Å². The maximum Gasteiger partial charge on any atom is 0.490 e. The predicted octanol–water partition coefficient (Wildman–Crippen LogP) is 1.03. The van der Waals surface area contributed by atoms with Gasteiger partial charge in [0.05, 0.1) is 0 Å². The molecule has 0 aromatic carbocycles. The highest BCUT2D eigenvalue weighted by Gasteiger charge is 2.45. The molecule has 2 saturated heterocycles. The third-order valence-electron chi connectivity index (χ3n) is 3.34. The molecule has 2 aliphatic rings. The Bertz CT molecular complexity index is 305. The third-order valence-corrected chi connectivity index (χ3v) is 3.34. The summed E-state index contributed by atoms with van der Waals surface area (Å²) < 4.78 is 44.8. The van der Waals surface area contributed by atoms with Crippen molar-refractivity contribution in [3.63, 3.8) is 0 Å². The number of nitrogens with one attached hydrogen (secondary N) is 1. The number of hydrogen-bond donors (Lipinski definition) is 2. The summed E-state index contributed by atoms with van der Waals surface area (Å²) in [4.78, 5) is 11.2. The van der Waals surface area contributed by atoms with E-state index in [9.17, 15) is 17.6 Å². The quantitative estimate of drug-likeness (QED) is 0.647. The first-order valence-electron chi connectivity index (χ1n) is 5.53. The van der Waals surface area contributed by atoms with Crippen LogP contribution in [-0.2, 0) is 4.79 Å². The molecule has 0 radical (unpaired) electrons. The molecule has 2 aliphatic heterocycles. The zero-order valence-electron chi connectivity index (χ0n) is 9.93. The molecule has 0 saturated carbocycles. The Labute approximate surface area is 102 Å². The SMILES string of the molecule is CN1CCC(F)CC12CNC2.O=C(O)C(F)(F)F. The van der Waals surface area contributed by atoms with Gasteiger partial charge in [-0.2, -0.15) is 13.2 Å². The Balaban J connectivity index is 0.000000203. The Hall–Kier alpha value is -0.890. The van der Waals surface area contributed by atoms with Crippen LogP contribution in [0.2, 0.25) is 0 Å². The number of piperidine rings is 1. The topological polar surface area (TPSA) is 52.6 Å². The Morgan fingerprint density at radius 3 is 2.22 bits per heavy atom. The summed E-state index contributed by atoms with van der Waals surface area (Å²) in [5.41, 5.74) is 0.178. The molecule has 0 aromatic rings. The van der Waals surface area contributed by atoms with E-state index in [1.54, 1.807) is 0 Å². The minimum Gasteiger partial charge on any atom is -0.475 e. The van der Waals surface area contributed by atoms with Crippen LogP contribution in [0.15, 0.2) is 0 Å². The van der Waals surface area contributed by atoms with Gasteiger partial charge in [0.1, 0.15) is 6.17 Å². The lowest BCUT2D eigenvalue weighted by atomic mass is 9.81. The molecule has 1 atom stereocenters. The second-order valence-corrected chi connectivity index (χ2v) is 4.64. The van der Waals surface area contributed by atoms with Crippen LogP contribution < -0.4 is 5.32 Å². The average molecular weight is 272 g/mol. The number of nitrogens with zero attached hydrogens (tertiary/aromatic N) is 1. The first-order valence-corrected chi connectivity index (χ1v) is 5.53. The highest BCUT2D eigenvalue weighted by Crippen LogP contribution is 2.31. The van der Waals surface area contributed by atoms with Gasteiger partial charge in [-0.05, 0) is 19.9 Å². The normalized spacial score (nSPS) is 27.1. The van der Waals surface area contributed by atoms with Crippen LogP contribution in [0, 0.1) is 0 Å². The molecule has 18 heavy (non-hydrogen) atoms. The monoisotopic (exact) mass is 272 g/mol. The smallest absolute Gasteiger partial charge is 0.475 e. The summed E-state index contributed by atoms with van der Waals surface area (Å²) in [6.07, 6.45) is -4.19. The van der Waals surface area contributed by atoms with E-state index in [0.717, 1.165) is 32.5 Å². The van der Waals surface area contributed by atoms with Gasteiger partial charge in [-0.3, -0.25) is 4.90 Å². The lowest BCUT2D eigenvalue weighted by molar-refractivity contribution is -0.192. The molecular formula is C10H16F4N2O2. The van der Waals surface area contributed by atoms with E-state index in [-0.39, 0.29) is 5.54 Å². The third kappa shape index (κ3) is 3.55. The van der Waals surface area contributed by atoms with Crippen molar-refractivity contribution in [1.82, 2.24) is 10.2 Å². The largest absolute Gasteiger partial charge is 0.490 e. The Morgan fingerprint density at radius 1 is 1.44 bits per heavy atom. The Kier molecular flexibility index (Phi) is 4.55. The molecule has 2 fully saturated rings. The van der Waals surface area contributed by atoms with Crippen LogP contribution >= 0.6 is 0 Å².